The molecule has 0 aliphatic carbocycles. The third-order valence-electron chi connectivity index (χ3n) is 5.58. The molecular weight excluding hydrogens is 392 g/mol. The molecule has 1 rings (SSSR count). The number of methoxy groups -OCH3 is 1. The van der Waals surface area contributed by atoms with Crippen molar-refractivity contribution in [2.45, 2.75) is 91.0 Å². The minimum Gasteiger partial charge on any atom is -0.466 e. The lowest BCUT2D eigenvalue weighted by Crippen LogP contribution is -2.22. The maximum atomic E-state index is 11.4. The van der Waals surface area contributed by atoms with Crippen LogP contribution in [0.2, 0.25) is 0 Å². The summed E-state index contributed by atoms with van der Waals surface area (Å²) in [4.78, 5) is 11.4. The zero-order chi connectivity index (χ0) is 23.1. The van der Waals surface area contributed by atoms with Crippen LogP contribution >= 0.6 is 0 Å². The number of allylic oxidation sites excluding steroid dienone is 5. The Bertz CT molecular complexity index is 638. The van der Waals surface area contributed by atoms with Crippen LogP contribution < -0.4 is 0 Å². The number of esters is 1. The Kier molecular flexibility index (Phi) is 14.1. The van der Waals surface area contributed by atoms with Crippen LogP contribution in [0, 0.1) is 0 Å². The lowest BCUT2D eigenvalue weighted by molar-refractivity contribution is -0.155. The van der Waals surface area contributed by atoms with E-state index in [9.17, 15) is 9.90 Å². The highest BCUT2D eigenvalue weighted by atomic mass is 16.7. The van der Waals surface area contributed by atoms with Crippen LogP contribution in [0.4, 0.5) is 0 Å². The van der Waals surface area contributed by atoms with Gasteiger partial charge in [0.2, 0.25) is 0 Å². The highest BCUT2D eigenvalue weighted by molar-refractivity contribution is 5.88. The fourth-order valence-electron chi connectivity index (χ4n) is 3.34. The molecule has 0 amide bonds. The second kappa shape index (κ2) is 16.0. The van der Waals surface area contributed by atoms with E-state index in [0.29, 0.717) is 13.0 Å². The van der Waals surface area contributed by atoms with Gasteiger partial charge in [0.25, 0.3) is 0 Å². The number of hydrogen-bond acceptors (Lipinski definition) is 5. The predicted octanol–water partition coefficient (Wildman–Crippen LogP) is 5.80. The lowest BCUT2D eigenvalue weighted by Gasteiger charge is -2.22. The third kappa shape index (κ3) is 12.7. The van der Waals surface area contributed by atoms with Crippen LogP contribution in [0.15, 0.2) is 47.1 Å². The van der Waals surface area contributed by atoms with E-state index in [-0.39, 0.29) is 11.9 Å². The quantitative estimate of drug-likeness (QED) is 0.213. The van der Waals surface area contributed by atoms with Crippen LogP contribution in [0.3, 0.4) is 0 Å². The predicted molar refractivity (Wildman–Crippen MR) is 126 cm³/mol. The number of aliphatic hydroxyl groups is 1. The van der Waals surface area contributed by atoms with Crippen LogP contribution in [-0.2, 0) is 19.0 Å². The summed E-state index contributed by atoms with van der Waals surface area (Å²) in [5.41, 5.74) is 4.07. The molecule has 1 saturated heterocycles. The van der Waals surface area contributed by atoms with Crippen LogP contribution in [0.1, 0.15) is 78.6 Å². The molecule has 0 aromatic carbocycles. The Labute approximate surface area is 188 Å². The highest BCUT2D eigenvalue weighted by Crippen LogP contribution is 2.16. The summed E-state index contributed by atoms with van der Waals surface area (Å²) < 4.78 is 15.9. The van der Waals surface area contributed by atoms with E-state index in [1.165, 1.54) is 30.2 Å². The molecule has 2 unspecified atom stereocenters. The number of ether oxygens (including phenoxy) is 3. The van der Waals surface area contributed by atoms with Gasteiger partial charge < -0.3 is 19.3 Å². The van der Waals surface area contributed by atoms with Crippen molar-refractivity contribution < 1.29 is 24.1 Å². The molecule has 5 nitrogen and oxygen atoms in total. The Morgan fingerprint density at radius 2 is 1.68 bits per heavy atom. The Morgan fingerprint density at radius 3 is 2.26 bits per heavy atom. The van der Waals surface area contributed by atoms with Crippen LogP contribution in [0.25, 0.3) is 0 Å². The maximum absolute atomic E-state index is 11.4. The summed E-state index contributed by atoms with van der Waals surface area (Å²) in [6.07, 6.45) is 14.5. The van der Waals surface area contributed by atoms with Crippen molar-refractivity contribution in [1.29, 1.82) is 0 Å². The average molecular weight is 435 g/mol. The molecule has 0 spiro atoms. The zero-order valence-corrected chi connectivity index (χ0v) is 20.0. The molecule has 1 heterocycles. The monoisotopic (exact) mass is 434 g/mol. The fraction of sp³-hybridized carbons (Fsp3) is 0.654. The molecule has 0 aromatic heterocycles. The molecule has 1 aliphatic rings. The number of carbonyl (C=O) groups is 1. The molecule has 0 bridgehead atoms. The van der Waals surface area contributed by atoms with Gasteiger partial charge in [0.1, 0.15) is 0 Å². The molecule has 1 N–H and O–H groups in total. The van der Waals surface area contributed by atoms with Crippen molar-refractivity contribution in [3.05, 3.63) is 47.1 Å². The van der Waals surface area contributed by atoms with Gasteiger partial charge in [-0.3, -0.25) is 0 Å². The average Bonchev–Trinajstić information content (AvgIpc) is 2.77. The summed E-state index contributed by atoms with van der Waals surface area (Å²) >= 11 is 0. The minimum atomic E-state index is -0.852. The Morgan fingerprint density at radius 1 is 1.06 bits per heavy atom. The molecule has 31 heavy (non-hydrogen) atoms. The van der Waals surface area contributed by atoms with Crippen molar-refractivity contribution in [1.82, 2.24) is 0 Å². The summed E-state index contributed by atoms with van der Waals surface area (Å²) in [6, 6.07) is 0. The lowest BCUT2D eigenvalue weighted by atomic mass is 10.0. The van der Waals surface area contributed by atoms with Gasteiger partial charge in [-0.1, -0.05) is 41.5 Å². The summed E-state index contributed by atoms with van der Waals surface area (Å²) in [7, 11) is 1.29. The maximum Gasteiger partial charge on any atom is 0.335 e. The van der Waals surface area contributed by atoms with E-state index < -0.39 is 12.1 Å². The van der Waals surface area contributed by atoms with Gasteiger partial charge in [-0.2, -0.15) is 0 Å². The van der Waals surface area contributed by atoms with Gasteiger partial charge in [0, 0.05) is 6.61 Å². The van der Waals surface area contributed by atoms with Crippen LogP contribution in [-0.4, -0.2) is 43.8 Å². The molecule has 0 radical (unpaired) electrons. The van der Waals surface area contributed by atoms with Crippen molar-refractivity contribution in [3.8, 4) is 0 Å². The smallest absolute Gasteiger partial charge is 0.335 e. The van der Waals surface area contributed by atoms with E-state index in [1.54, 1.807) is 0 Å². The van der Waals surface area contributed by atoms with Crippen molar-refractivity contribution in [3.63, 3.8) is 0 Å². The standard InChI is InChI=1S/C26H42O5/c1-20(10-8-12-21(2)15-16-24(27)23(4)26(28)29-5)11-9-13-22(3)17-19-31-25-14-6-7-18-30-25/h11-12,17,24-25,27H,4,6-10,13-16,18-19H2,1-3,5H3/b20-11+,21-12+,22-17+. The summed E-state index contributed by atoms with van der Waals surface area (Å²) in [6.45, 7) is 11.4. The van der Waals surface area contributed by atoms with Gasteiger partial charge in [-0.25, -0.2) is 4.79 Å². The molecule has 176 valence electrons. The Balaban J connectivity index is 2.20. The second-order valence-electron chi connectivity index (χ2n) is 8.43. The largest absolute Gasteiger partial charge is 0.466 e. The van der Waals surface area contributed by atoms with E-state index in [1.807, 2.05) is 0 Å². The molecular formula is C26H42O5. The van der Waals surface area contributed by atoms with Gasteiger partial charge in [-0.15, -0.1) is 0 Å². The first kappa shape index (κ1) is 27.3. The summed E-state index contributed by atoms with van der Waals surface area (Å²) in [5, 5.41) is 9.99. The van der Waals surface area contributed by atoms with E-state index in [4.69, 9.17) is 9.47 Å². The van der Waals surface area contributed by atoms with Crippen molar-refractivity contribution in [2.24, 2.45) is 0 Å². The van der Waals surface area contributed by atoms with Gasteiger partial charge in [-0.05, 0) is 78.6 Å². The molecule has 1 aliphatic heterocycles. The molecule has 0 saturated carbocycles. The van der Waals surface area contributed by atoms with Crippen molar-refractivity contribution in [2.75, 3.05) is 20.3 Å². The fourth-order valence-corrected chi connectivity index (χ4v) is 3.34. The van der Waals surface area contributed by atoms with E-state index in [0.717, 1.165) is 51.6 Å². The highest BCUT2D eigenvalue weighted by Gasteiger charge is 2.16. The van der Waals surface area contributed by atoms with Gasteiger partial charge in [0.05, 0.1) is 25.4 Å². The molecule has 5 heteroatoms. The van der Waals surface area contributed by atoms with E-state index >= 15 is 0 Å². The first-order valence-electron chi connectivity index (χ1n) is 11.5. The number of hydrogen-bond donors (Lipinski definition) is 1. The number of aliphatic hydroxyl groups excluding tert-OH is 1. The zero-order valence-electron chi connectivity index (χ0n) is 20.0. The first-order valence-corrected chi connectivity index (χ1v) is 11.5. The molecule has 0 aromatic rings. The SMILES string of the molecule is C=C(C(=O)OC)C(O)CC/C(C)=C/CC/C(C)=C/CC/C(C)=C/COC1CCCCO1. The van der Waals surface area contributed by atoms with Crippen molar-refractivity contribution >= 4 is 5.97 Å². The number of rotatable bonds is 14. The topological polar surface area (TPSA) is 65.0 Å². The van der Waals surface area contributed by atoms with Crippen LogP contribution in [0.5, 0.6) is 0 Å². The Hall–Kier alpha value is -1.69. The minimum absolute atomic E-state index is 0.0219. The van der Waals surface area contributed by atoms with E-state index in [2.05, 4.69) is 50.3 Å². The number of carbonyl (C=O) groups excluding carboxylic acids is 1. The normalized spacial score (nSPS) is 19.3. The first-order chi connectivity index (χ1) is 14.8. The third-order valence-corrected chi connectivity index (χ3v) is 5.58. The summed E-state index contributed by atoms with van der Waals surface area (Å²) in [5.74, 6) is -0.550. The molecule has 1 fully saturated rings. The van der Waals surface area contributed by atoms with Gasteiger partial charge >= 0.3 is 5.97 Å². The molecule has 2 atom stereocenters. The second-order valence-corrected chi connectivity index (χ2v) is 8.43. The van der Waals surface area contributed by atoms with Gasteiger partial charge in [0.15, 0.2) is 6.29 Å².